The van der Waals surface area contributed by atoms with E-state index in [4.69, 9.17) is 4.74 Å². The topological polar surface area (TPSA) is 55.4 Å². The summed E-state index contributed by atoms with van der Waals surface area (Å²) in [5.74, 6) is -0.118. The number of carbonyl (C=O) groups excluding carboxylic acids is 2. The van der Waals surface area contributed by atoms with Gasteiger partial charge in [-0.25, -0.2) is 4.79 Å². The number of carbonyl (C=O) groups is 2. The number of allylic oxidation sites excluding steroid dienone is 4. The molecule has 1 N–H and O–H groups in total. The van der Waals surface area contributed by atoms with E-state index in [1.165, 1.54) is 7.11 Å². The molecule has 1 aromatic rings. The van der Waals surface area contributed by atoms with Gasteiger partial charge in [0.1, 0.15) is 0 Å². The van der Waals surface area contributed by atoms with Gasteiger partial charge in [-0.3, -0.25) is 4.79 Å². The van der Waals surface area contributed by atoms with Gasteiger partial charge in [0.25, 0.3) is 5.91 Å². The van der Waals surface area contributed by atoms with Crippen LogP contribution in [0.1, 0.15) is 22.8 Å². The van der Waals surface area contributed by atoms with Gasteiger partial charge in [-0.2, -0.15) is 0 Å². The quantitative estimate of drug-likeness (QED) is 0.851. The van der Waals surface area contributed by atoms with Crippen molar-refractivity contribution in [3.63, 3.8) is 0 Å². The molecule has 0 aromatic heterocycles. The van der Waals surface area contributed by atoms with Crippen molar-refractivity contribution >= 4 is 11.9 Å². The molecule has 0 heterocycles. The number of hydrogen-bond acceptors (Lipinski definition) is 3. The second-order valence-electron chi connectivity index (χ2n) is 5.42. The van der Waals surface area contributed by atoms with Crippen LogP contribution in [0.15, 0.2) is 60.2 Å². The summed E-state index contributed by atoms with van der Waals surface area (Å²) in [7, 11) is 1.36. The van der Waals surface area contributed by atoms with E-state index in [1.807, 2.05) is 42.5 Å². The Balaban J connectivity index is 1.89. The lowest BCUT2D eigenvalue weighted by Crippen LogP contribution is -2.26. The second-order valence-corrected chi connectivity index (χ2v) is 5.42. The third-order valence-electron chi connectivity index (χ3n) is 3.58. The molecule has 1 aromatic carbocycles. The van der Waals surface area contributed by atoms with Gasteiger partial charge in [0.15, 0.2) is 0 Å². The Bertz CT molecular complexity index is 671. The lowest BCUT2D eigenvalue weighted by molar-refractivity contribution is -0.117. The number of ether oxygens (including phenoxy) is 1. The Morgan fingerprint density at radius 2 is 2.09 bits per heavy atom. The third-order valence-corrected chi connectivity index (χ3v) is 3.58. The monoisotopic (exact) mass is 311 g/mol. The Labute approximate surface area is 136 Å². The number of hydrogen-bond donors (Lipinski definition) is 1. The van der Waals surface area contributed by atoms with E-state index in [9.17, 15) is 9.59 Å². The summed E-state index contributed by atoms with van der Waals surface area (Å²) in [6, 6.07) is 7.23. The number of rotatable bonds is 5. The summed E-state index contributed by atoms with van der Waals surface area (Å²) < 4.78 is 4.70. The van der Waals surface area contributed by atoms with Crippen molar-refractivity contribution in [2.24, 2.45) is 5.92 Å². The van der Waals surface area contributed by atoms with E-state index in [2.05, 4.69) is 12.2 Å². The van der Waals surface area contributed by atoms with Gasteiger partial charge in [-0.1, -0.05) is 43.4 Å². The Morgan fingerprint density at radius 1 is 1.26 bits per heavy atom. The molecule has 0 spiro atoms. The van der Waals surface area contributed by atoms with Crippen LogP contribution in [0.5, 0.6) is 0 Å². The number of methoxy groups -OCH3 is 1. The van der Waals surface area contributed by atoms with Gasteiger partial charge in [-0.15, -0.1) is 0 Å². The summed E-state index contributed by atoms with van der Waals surface area (Å²) in [4.78, 5) is 23.6. The van der Waals surface area contributed by atoms with Crippen LogP contribution >= 0.6 is 0 Å². The summed E-state index contributed by atoms with van der Waals surface area (Å²) in [6.07, 6.45) is 10.2. The second kappa shape index (κ2) is 8.13. The maximum atomic E-state index is 12.1. The average Bonchev–Trinajstić information content (AvgIpc) is 2.79. The van der Waals surface area contributed by atoms with Gasteiger partial charge in [0, 0.05) is 12.1 Å². The molecule has 2 rings (SSSR count). The molecule has 0 fully saturated rings. The first kappa shape index (κ1) is 16.7. The minimum absolute atomic E-state index is 0.0934. The molecule has 0 saturated carbocycles. The molecule has 1 amide bonds. The predicted octanol–water partition coefficient (Wildman–Crippen LogP) is 2.82. The maximum absolute atomic E-state index is 12.1. The molecule has 0 saturated heterocycles. The van der Waals surface area contributed by atoms with Gasteiger partial charge in [0.05, 0.1) is 12.7 Å². The van der Waals surface area contributed by atoms with Crippen molar-refractivity contribution in [2.75, 3.05) is 13.7 Å². The summed E-state index contributed by atoms with van der Waals surface area (Å²) >= 11 is 0. The number of nitrogens with one attached hydrogen (secondary N) is 1. The Morgan fingerprint density at radius 3 is 2.87 bits per heavy atom. The van der Waals surface area contributed by atoms with Crippen LogP contribution in [0.25, 0.3) is 0 Å². The molecular weight excluding hydrogens is 290 g/mol. The number of benzene rings is 1. The highest BCUT2D eigenvalue weighted by Crippen LogP contribution is 2.10. The highest BCUT2D eigenvalue weighted by molar-refractivity contribution is 5.96. The van der Waals surface area contributed by atoms with Crippen LogP contribution in [0.3, 0.4) is 0 Å². The first-order chi connectivity index (χ1) is 11.1. The smallest absolute Gasteiger partial charge is 0.337 e. The molecule has 1 unspecified atom stereocenters. The van der Waals surface area contributed by atoms with E-state index in [0.717, 1.165) is 5.56 Å². The number of esters is 1. The molecule has 0 aliphatic heterocycles. The summed E-state index contributed by atoms with van der Waals surface area (Å²) in [5.41, 5.74) is 2.14. The van der Waals surface area contributed by atoms with Crippen LogP contribution in [0.4, 0.5) is 0 Å². The van der Waals surface area contributed by atoms with Gasteiger partial charge in [-0.05, 0) is 36.1 Å². The molecule has 0 bridgehead atoms. The Kier molecular flexibility index (Phi) is 5.92. The summed E-state index contributed by atoms with van der Waals surface area (Å²) in [6.45, 7) is 2.57. The fraction of sp³-hybridized carbons (Fsp3) is 0.263. The van der Waals surface area contributed by atoms with E-state index < -0.39 is 0 Å². The highest BCUT2D eigenvalue weighted by Gasteiger charge is 2.08. The van der Waals surface area contributed by atoms with E-state index in [0.29, 0.717) is 30.0 Å². The molecule has 1 aliphatic carbocycles. The fourth-order valence-corrected chi connectivity index (χ4v) is 2.26. The van der Waals surface area contributed by atoms with Crippen molar-refractivity contribution in [1.82, 2.24) is 5.32 Å². The van der Waals surface area contributed by atoms with E-state index >= 15 is 0 Å². The lowest BCUT2D eigenvalue weighted by Gasteiger charge is -2.07. The molecule has 1 atom stereocenters. The standard InChI is InChI=1S/C19H21NO3/c1-14-5-3-7-16(10-9-14)18(21)20-12-11-15-6-4-8-17(13-15)19(22)23-2/h3-10,13-14H,11-12H2,1-2H3,(H,20,21). The molecular formula is C19H21NO3. The largest absolute Gasteiger partial charge is 0.465 e. The Hall–Kier alpha value is -2.62. The molecule has 0 radical (unpaired) electrons. The van der Waals surface area contributed by atoms with Crippen LogP contribution < -0.4 is 5.32 Å². The SMILES string of the molecule is COC(=O)c1cccc(CCNC(=O)C2=CC=CC(C)C=C2)c1. The fourth-order valence-electron chi connectivity index (χ4n) is 2.26. The minimum Gasteiger partial charge on any atom is -0.465 e. The lowest BCUT2D eigenvalue weighted by atomic mass is 10.1. The molecule has 120 valence electrons. The third kappa shape index (κ3) is 4.95. The van der Waals surface area contributed by atoms with Crippen LogP contribution in [0.2, 0.25) is 0 Å². The van der Waals surface area contributed by atoms with Crippen molar-refractivity contribution < 1.29 is 14.3 Å². The van der Waals surface area contributed by atoms with Gasteiger partial charge >= 0.3 is 5.97 Å². The average molecular weight is 311 g/mol. The molecule has 4 nitrogen and oxygen atoms in total. The van der Waals surface area contributed by atoms with Crippen LogP contribution in [0, 0.1) is 5.92 Å². The van der Waals surface area contributed by atoms with E-state index in [-0.39, 0.29) is 11.9 Å². The van der Waals surface area contributed by atoms with E-state index in [1.54, 1.807) is 12.1 Å². The normalized spacial score (nSPS) is 16.4. The first-order valence-electron chi connectivity index (χ1n) is 7.62. The molecule has 1 aliphatic rings. The van der Waals surface area contributed by atoms with Crippen LogP contribution in [-0.4, -0.2) is 25.5 Å². The van der Waals surface area contributed by atoms with Crippen molar-refractivity contribution in [2.45, 2.75) is 13.3 Å². The minimum atomic E-state index is -0.356. The first-order valence-corrected chi connectivity index (χ1v) is 7.62. The predicted molar refractivity (Wildman–Crippen MR) is 90.0 cm³/mol. The van der Waals surface area contributed by atoms with Crippen molar-refractivity contribution in [3.05, 3.63) is 71.3 Å². The van der Waals surface area contributed by atoms with Crippen molar-refractivity contribution in [1.29, 1.82) is 0 Å². The molecule has 4 heteroatoms. The zero-order valence-electron chi connectivity index (χ0n) is 13.4. The van der Waals surface area contributed by atoms with Crippen LogP contribution in [-0.2, 0) is 16.0 Å². The zero-order valence-corrected chi connectivity index (χ0v) is 13.4. The molecule has 23 heavy (non-hydrogen) atoms. The summed E-state index contributed by atoms with van der Waals surface area (Å²) in [5, 5.41) is 2.90. The van der Waals surface area contributed by atoms with Crippen molar-refractivity contribution in [3.8, 4) is 0 Å². The van der Waals surface area contributed by atoms with Gasteiger partial charge in [0.2, 0.25) is 0 Å². The van der Waals surface area contributed by atoms with Gasteiger partial charge < -0.3 is 10.1 Å². The maximum Gasteiger partial charge on any atom is 0.337 e. The zero-order chi connectivity index (χ0) is 16.7. The highest BCUT2D eigenvalue weighted by atomic mass is 16.5. The number of amides is 1.